The van der Waals surface area contributed by atoms with Crippen LogP contribution in [0.15, 0.2) is 24.3 Å². The Morgan fingerprint density at radius 3 is 2.47 bits per heavy atom. The number of halogens is 1. The lowest BCUT2D eigenvalue weighted by atomic mass is 9.99. The Kier molecular flexibility index (Phi) is 20.2. The molecule has 0 aliphatic heterocycles. The molecule has 0 fully saturated rings. The topological polar surface area (TPSA) is 108 Å². The van der Waals surface area contributed by atoms with Crippen LogP contribution in [0.1, 0.15) is 51.0 Å². The molecule has 9 nitrogen and oxygen atoms in total. The normalized spacial score (nSPS) is 11.3. The molecular weight excluding hydrogens is 488 g/mol. The predicted molar refractivity (Wildman–Crippen MR) is 129 cm³/mol. The SMILES string of the molecule is CCCCC(CCOSPF)C(=O)Oc1ccc(COC)cc1.CN(OC=O)C(=O)CCC=O. The summed E-state index contributed by atoms with van der Waals surface area (Å²) in [6, 6.07) is 7.27. The predicted octanol–water partition coefficient (Wildman–Crippen LogP) is 4.59. The van der Waals surface area contributed by atoms with Gasteiger partial charge >= 0.3 is 12.4 Å². The largest absolute Gasteiger partial charge is 0.426 e. The molecule has 1 amide bonds. The molecule has 1 aromatic carbocycles. The number of methoxy groups -OCH3 is 1. The van der Waals surface area contributed by atoms with Crippen LogP contribution in [0.3, 0.4) is 0 Å². The van der Waals surface area contributed by atoms with E-state index in [9.17, 15) is 23.4 Å². The van der Waals surface area contributed by atoms with Crippen molar-refractivity contribution in [2.75, 3.05) is 20.8 Å². The summed E-state index contributed by atoms with van der Waals surface area (Å²) in [6.45, 7) is 3.10. The van der Waals surface area contributed by atoms with Crippen molar-refractivity contribution >= 4 is 44.4 Å². The van der Waals surface area contributed by atoms with Crippen LogP contribution in [0.25, 0.3) is 0 Å². The average molecular weight is 522 g/mol. The van der Waals surface area contributed by atoms with Crippen LogP contribution in [-0.4, -0.2) is 50.5 Å². The Hall–Kier alpha value is -2.07. The zero-order valence-corrected chi connectivity index (χ0v) is 21.5. The quantitative estimate of drug-likeness (QED) is 0.0553. The third kappa shape index (κ3) is 15.7. The summed E-state index contributed by atoms with van der Waals surface area (Å²) in [7, 11) is 2.14. The lowest BCUT2D eigenvalue weighted by molar-refractivity contribution is -0.181. The number of amides is 1. The molecule has 0 aromatic heterocycles. The molecule has 0 radical (unpaired) electrons. The first kappa shape index (κ1) is 31.9. The Morgan fingerprint density at radius 2 is 1.91 bits per heavy atom. The van der Waals surface area contributed by atoms with Crippen molar-refractivity contribution < 1.29 is 41.9 Å². The molecule has 0 heterocycles. The number of aldehydes is 1. The third-order valence-corrected chi connectivity index (χ3v) is 5.25. The lowest BCUT2D eigenvalue weighted by Gasteiger charge is -2.15. The van der Waals surface area contributed by atoms with E-state index in [2.05, 4.69) is 11.8 Å². The number of nitrogens with zero attached hydrogens (tertiary/aromatic N) is 1. The van der Waals surface area contributed by atoms with E-state index < -0.39 is 14.0 Å². The summed E-state index contributed by atoms with van der Waals surface area (Å²) in [4.78, 5) is 46.8. The maximum atomic E-state index is 12.3. The first-order valence-electron chi connectivity index (χ1n) is 10.7. The van der Waals surface area contributed by atoms with Gasteiger partial charge in [0.2, 0.25) is 0 Å². The lowest BCUT2D eigenvalue weighted by Crippen LogP contribution is -2.26. The highest BCUT2D eigenvalue weighted by atomic mass is 32.7. The van der Waals surface area contributed by atoms with Gasteiger partial charge in [0.1, 0.15) is 12.0 Å². The molecule has 2 atom stereocenters. The number of carbonyl (C=O) groups is 4. The van der Waals surface area contributed by atoms with Crippen molar-refractivity contribution in [3.8, 4) is 5.75 Å². The molecular formula is C22H33FNO8PS. The molecule has 0 saturated heterocycles. The fourth-order valence-electron chi connectivity index (χ4n) is 2.57. The number of hydrogen-bond donors (Lipinski definition) is 0. The minimum absolute atomic E-state index is 0.0633. The average Bonchev–Trinajstić information content (AvgIpc) is 2.84. The molecule has 0 N–H and O–H groups in total. The second-order valence-electron chi connectivity index (χ2n) is 6.91. The standard InChI is InChI=1S/C16H24FO4PS.C6H9NO4/c1-3-4-5-14(10-11-20-23-22-17)16(18)21-15-8-6-13(7-9-15)12-19-2;1-7(11-5-9)6(10)3-2-4-8/h6-9,14,22H,3-5,10-12H2,1-2H3;4-5H,2-3H2,1H3. The molecule has 12 heteroatoms. The molecule has 0 aliphatic carbocycles. The van der Waals surface area contributed by atoms with Crippen LogP contribution < -0.4 is 4.74 Å². The van der Waals surface area contributed by atoms with Crippen molar-refractivity contribution in [2.45, 2.75) is 52.1 Å². The molecule has 0 bridgehead atoms. The molecule has 2 unspecified atom stereocenters. The number of benzene rings is 1. The van der Waals surface area contributed by atoms with Crippen LogP contribution in [-0.2, 0) is 39.5 Å². The fourth-order valence-corrected chi connectivity index (χ4v) is 3.18. The van der Waals surface area contributed by atoms with Gasteiger partial charge < -0.3 is 23.3 Å². The number of esters is 1. The van der Waals surface area contributed by atoms with E-state index in [4.69, 9.17) is 13.7 Å². The maximum absolute atomic E-state index is 12.3. The Balaban J connectivity index is 0.000000833. The number of rotatable bonds is 17. The summed E-state index contributed by atoms with van der Waals surface area (Å²) < 4.78 is 27.6. The molecule has 0 aliphatic rings. The number of hydroxylamine groups is 2. The van der Waals surface area contributed by atoms with E-state index in [-0.39, 0.29) is 31.2 Å². The van der Waals surface area contributed by atoms with E-state index in [1.807, 2.05) is 12.1 Å². The summed E-state index contributed by atoms with van der Waals surface area (Å²) in [5.41, 5.74) is 1.02. The fraction of sp³-hybridized carbons (Fsp3) is 0.545. The van der Waals surface area contributed by atoms with Crippen LogP contribution >= 0.6 is 19.8 Å². The molecule has 34 heavy (non-hydrogen) atoms. The smallest absolute Gasteiger partial charge is 0.320 e. The minimum Gasteiger partial charge on any atom is -0.426 e. The van der Waals surface area contributed by atoms with Gasteiger partial charge in [0.25, 0.3) is 5.91 Å². The van der Waals surface area contributed by atoms with Gasteiger partial charge in [-0.2, -0.15) is 5.06 Å². The van der Waals surface area contributed by atoms with Gasteiger partial charge in [-0.15, -0.1) is 0 Å². The number of ether oxygens (including phenoxy) is 2. The van der Waals surface area contributed by atoms with Gasteiger partial charge in [-0.3, -0.25) is 14.4 Å². The van der Waals surface area contributed by atoms with Gasteiger partial charge in [-0.25, -0.2) is 4.20 Å². The Labute approximate surface area is 205 Å². The first-order valence-corrected chi connectivity index (χ1v) is 13.0. The van der Waals surface area contributed by atoms with Crippen molar-refractivity contribution in [1.29, 1.82) is 0 Å². The van der Waals surface area contributed by atoms with E-state index in [1.54, 1.807) is 19.2 Å². The minimum atomic E-state index is -0.799. The van der Waals surface area contributed by atoms with Crippen LogP contribution in [0, 0.1) is 5.92 Å². The Morgan fingerprint density at radius 1 is 1.21 bits per heavy atom. The third-order valence-electron chi connectivity index (χ3n) is 4.36. The van der Waals surface area contributed by atoms with Gasteiger partial charge in [-0.05, 0) is 30.5 Å². The van der Waals surface area contributed by atoms with Gasteiger partial charge in [-0.1, -0.05) is 31.9 Å². The molecule has 0 saturated carbocycles. The molecule has 1 aromatic rings. The van der Waals surface area contributed by atoms with Gasteiger partial charge in [0.05, 0.1) is 30.8 Å². The van der Waals surface area contributed by atoms with Gasteiger partial charge in [0.15, 0.2) is 8.09 Å². The zero-order chi connectivity index (χ0) is 25.6. The van der Waals surface area contributed by atoms with Crippen molar-refractivity contribution in [3.05, 3.63) is 29.8 Å². The molecule has 192 valence electrons. The van der Waals surface area contributed by atoms with Crippen LogP contribution in [0.2, 0.25) is 0 Å². The first-order chi connectivity index (χ1) is 16.4. The van der Waals surface area contributed by atoms with E-state index in [0.29, 0.717) is 31.7 Å². The van der Waals surface area contributed by atoms with Crippen LogP contribution in [0.4, 0.5) is 4.20 Å². The molecule has 1 rings (SSSR count). The summed E-state index contributed by atoms with van der Waals surface area (Å²) in [6.07, 6.45) is 4.09. The Bertz CT molecular complexity index is 711. The van der Waals surface area contributed by atoms with Crippen molar-refractivity contribution in [1.82, 2.24) is 5.06 Å². The van der Waals surface area contributed by atoms with Crippen molar-refractivity contribution in [2.24, 2.45) is 5.92 Å². The van der Waals surface area contributed by atoms with E-state index >= 15 is 0 Å². The van der Waals surface area contributed by atoms with E-state index in [1.165, 1.54) is 7.05 Å². The second-order valence-corrected chi connectivity index (χ2v) is 8.43. The second kappa shape index (κ2) is 21.5. The number of carbonyl (C=O) groups excluding carboxylic acids is 4. The number of unbranched alkanes of at least 4 members (excludes halogenated alkanes) is 1. The highest BCUT2D eigenvalue weighted by molar-refractivity contribution is 8.45. The summed E-state index contributed by atoms with van der Waals surface area (Å²) >= 11 is 0.793. The summed E-state index contributed by atoms with van der Waals surface area (Å²) in [5, 5.41) is 0.788. The van der Waals surface area contributed by atoms with Crippen LogP contribution in [0.5, 0.6) is 5.75 Å². The zero-order valence-electron chi connectivity index (χ0n) is 19.7. The highest BCUT2D eigenvalue weighted by Gasteiger charge is 2.20. The highest BCUT2D eigenvalue weighted by Crippen LogP contribution is 2.31. The molecule has 0 spiro atoms. The summed E-state index contributed by atoms with van der Waals surface area (Å²) in [5.74, 6) is -0.354. The van der Waals surface area contributed by atoms with E-state index in [0.717, 1.165) is 41.6 Å². The van der Waals surface area contributed by atoms with Gasteiger partial charge in [0, 0.05) is 27.0 Å². The number of hydrogen-bond acceptors (Lipinski definition) is 9. The van der Waals surface area contributed by atoms with Crippen molar-refractivity contribution in [3.63, 3.8) is 0 Å². The monoisotopic (exact) mass is 521 g/mol. The maximum Gasteiger partial charge on any atom is 0.320 e.